The first-order valence-electron chi connectivity index (χ1n) is 7.05. The second kappa shape index (κ2) is 8.12. The molecule has 0 spiro atoms. The third-order valence-electron chi connectivity index (χ3n) is 2.86. The fourth-order valence-electron chi connectivity index (χ4n) is 1.78. The number of hydrogen-bond acceptors (Lipinski definition) is 4. The van der Waals surface area contributed by atoms with Crippen LogP contribution in [0.2, 0.25) is 0 Å². The summed E-state index contributed by atoms with van der Waals surface area (Å²) in [6.45, 7) is 2.60. The van der Waals surface area contributed by atoms with Gasteiger partial charge in [-0.2, -0.15) is 13.5 Å². The smallest absolute Gasteiger partial charge is 0.276 e. The summed E-state index contributed by atoms with van der Waals surface area (Å²) in [7, 11) is -3.67. The lowest BCUT2D eigenvalue weighted by molar-refractivity contribution is 0.317. The fraction of sp³-hybridized carbons (Fsp3) is 0.188. The van der Waals surface area contributed by atoms with Crippen LogP contribution in [0.5, 0.6) is 5.75 Å². The zero-order chi connectivity index (χ0) is 16.7. The van der Waals surface area contributed by atoms with E-state index in [-0.39, 0.29) is 4.90 Å². The first-order valence-corrected chi connectivity index (χ1v) is 9.33. The van der Waals surface area contributed by atoms with E-state index in [4.69, 9.17) is 4.74 Å². The Morgan fingerprint density at radius 3 is 2.65 bits per heavy atom. The zero-order valence-electron chi connectivity index (χ0n) is 12.6. The van der Waals surface area contributed by atoms with Crippen LogP contribution in [0.25, 0.3) is 0 Å². The van der Waals surface area contributed by atoms with Crippen molar-refractivity contribution in [1.29, 1.82) is 0 Å². The minimum atomic E-state index is -3.67. The summed E-state index contributed by atoms with van der Waals surface area (Å²) in [5.41, 5.74) is 0.684. The second-order valence-electron chi connectivity index (χ2n) is 4.70. The van der Waals surface area contributed by atoms with Gasteiger partial charge in [0, 0.05) is 10.0 Å². The molecular formula is C16H17BrN2O3S. The molecule has 122 valence electrons. The highest BCUT2D eigenvalue weighted by Gasteiger charge is 2.11. The van der Waals surface area contributed by atoms with Gasteiger partial charge in [0.2, 0.25) is 0 Å². The molecule has 0 radical (unpaired) electrons. The van der Waals surface area contributed by atoms with Crippen molar-refractivity contribution in [2.75, 3.05) is 6.61 Å². The van der Waals surface area contributed by atoms with Crippen LogP contribution in [0.1, 0.15) is 18.9 Å². The summed E-state index contributed by atoms with van der Waals surface area (Å²) in [6.07, 6.45) is 2.31. The Kier molecular flexibility index (Phi) is 6.18. The van der Waals surface area contributed by atoms with Gasteiger partial charge in [0.05, 0.1) is 17.7 Å². The minimum absolute atomic E-state index is 0.161. The molecule has 0 aliphatic heterocycles. The first kappa shape index (κ1) is 17.5. The van der Waals surface area contributed by atoms with E-state index in [2.05, 4.69) is 25.9 Å². The molecule has 0 aromatic heterocycles. The lowest BCUT2D eigenvalue weighted by atomic mass is 10.2. The summed E-state index contributed by atoms with van der Waals surface area (Å²) < 4.78 is 30.6. The van der Waals surface area contributed by atoms with E-state index in [1.807, 2.05) is 25.1 Å². The fourth-order valence-corrected chi connectivity index (χ4v) is 2.97. The van der Waals surface area contributed by atoms with Gasteiger partial charge in [0.25, 0.3) is 10.0 Å². The Bertz CT molecular complexity index is 777. The number of nitrogens with zero attached hydrogens (tertiary/aromatic N) is 1. The molecule has 2 rings (SSSR count). The van der Waals surface area contributed by atoms with E-state index in [1.54, 1.807) is 18.2 Å². The van der Waals surface area contributed by atoms with Gasteiger partial charge < -0.3 is 4.74 Å². The van der Waals surface area contributed by atoms with Crippen molar-refractivity contribution in [2.24, 2.45) is 5.10 Å². The summed E-state index contributed by atoms with van der Waals surface area (Å²) in [4.78, 5) is 2.36. The summed E-state index contributed by atoms with van der Waals surface area (Å²) >= 11 is 3.38. The lowest BCUT2D eigenvalue weighted by Crippen LogP contribution is -2.18. The summed E-state index contributed by atoms with van der Waals surface area (Å²) in [5.74, 6) is 0.651. The maximum absolute atomic E-state index is 12.1. The highest BCUT2D eigenvalue weighted by atomic mass is 79.9. The molecule has 0 atom stereocenters. The molecule has 0 heterocycles. The molecule has 23 heavy (non-hydrogen) atoms. The monoisotopic (exact) mass is 396 g/mol. The number of halogens is 1. The van der Waals surface area contributed by atoms with Gasteiger partial charge in [-0.25, -0.2) is 4.83 Å². The van der Waals surface area contributed by atoms with Gasteiger partial charge in [-0.3, -0.25) is 0 Å². The van der Waals surface area contributed by atoms with E-state index in [0.29, 0.717) is 17.9 Å². The Morgan fingerprint density at radius 1 is 1.22 bits per heavy atom. The van der Waals surface area contributed by atoms with Crippen molar-refractivity contribution in [3.63, 3.8) is 0 Å². The molecule has 0 aliphatic rings. The maximum atomic E-state index is 12.1. The first-order chi connectivity index (χ1) is 11.0. The van der Waals surface area contributed by atoms with Crippen molar-refractivity contribution < 1.29 is 13.2 Å². The van der Waals surface area contributed by atoms with Crippen LogP contribution in [0.4, 0.5) is 0 Å². The van der Waals surface area contributed by atoms with Crippen molar-refractivity contribution >= 4 is 32.2 Å². The number of hydrazone groups is 1. The molecule has 5 nitrogen and oxygen atoms in total. The van der Waals surface area contributed by atoms with Gasteiger partial charge in [-0.1, -0.05) is 41.1 Å². The largest absolute Gasteiger partial charge is 0.493 e. The average Bonchev–Trinajstić information content (AvgIpc) is 2.55. The molecule has 0 saturated heterocycles. The quantitative estimate of drug-likeness (QED) is 0.574. The number of ether oxygens (including phenoxy) is 1. The van der Waals surface area contributed by atoms with E-state index >= 15 is 0 Å². The van der Waals surface area contributed by atoms with Crippen molar-refractivity contribution in [3.05, 3.63) is 58.6 Å². The standard InChI is InChI=1S/C16H17BrN2O3S/c1-2-10-22-16-9-8-14(17)11-13(16)12-18-19-23(20,21)15-6-4-3-5-7-15/h3-9,11-12,19H,2,10H2,1H3/b18-12-. The van der Waals surface area contributed by atoms with Gasteiger partial charge in [-0.15, -0.1) is 0 Å². The summed E-state index contributed by atoms with van der Waals surface area (Å²) in [5, 5.41) is 3.84. The van der Waals surface area contributed by atoms with Crippen molar-refractivity contribution in [1.82, 2.24) is 4.83 Å². The third kappa shape index (κ3) is 5.07. The van der Waals surface area contributed by atoms with Crippen molar-refractivity contribution in [2.45, 2.75) is 18.2 Å². The van der Waals surface area contributed by atoms with Crippen LogP contribution in [-0.4, -0.2) is 21.2 Å². The molecule has 0 saturated carbocycles. The van der Waals surface area contributed by atoms with Gasteiger partial charge >= 0.3 is 0 Å². The van der Waals surface area contributed by atoms with E-state index in [9.17, 15) is 8.42 Å². The summed E-state index contributed by atoms with van der Waals surface area (Å²) in [6, 6.07) is 13.6. The van der Waals surface area contributed by atoms with Crippen molar-refractivity contribution in [3.8, 4) is 5.75 Å². The molecule has 0 fully saturated rings. The molecule has 0 amide bonds. The Hall–Kier alpha value is -1.86. The number of rotatable bonds is 7. The van der Waals surface area contributed by atoms with Crippen LogP contribution in [-0.2, 0) is 10.0 Å². The minimum Gasteiger partial charge on any atom is -0.493 e. The van der Waals surface area contributed by atoms with E-state index in [1.165, 1.54) is 18.3 Å². The predicted molar refractivity (Wildman–Crippen MR) is 94.3 cm³/mol. The number of sulfonamides is 1. The Labute approximate surface area is 144 Å². The second-order valence-corrected chi connectivity index (χ2v) is 7.27. The zero-order valence-corrected chi connectivity index (χ0v) is 15.0. The third-order valence-corrected chi connectivity index (χ3v) is 4.60. The highest BCUT2D eigenvalue weighted by Crippen LogP contribution is 2.22. The molecule has 7 heteroatoms. The van der Waals surface area contributed by atoms with Crippen LogP contribution in [0.15, 0.2) is 63.0 Å². The number of nitrogens with one attached hydrogen (secondary N) is 1. The maximum Gasteiger partial charge on any atom is 0.276 e. The number of hydrogen-bond donors (Lipinski definition) is 1. The van der Waals surface area contributed by atoms with Crippen LogP contribution < -0.4 is 9.57 Å². The molecule has 2 aromatic carbocycles. The predicted octanol–water partition coefficient (Wildman–Crippen LogP) is 3.55. The van der Waals surface area contributed by atoms with Gasteiger partial charge in [0.1, 0.15) is 5.75 Å². The normalized spacial score (nSPS) is 11.6. The molecule has 0 unspecified atom stereocenters. The molecule has 0 aliphatic carbocycles. The van der Waals surface area contributed by atoms with Crippen LogP contribution >= 0.6 is 15.9 Å². The number of benzene rings is 2. The SMILES string of the molecule is CCCOc1ccc(Br)cc1/C=N\NS(=O)(=O)c1ccccc1. The van der Waals surface area contributed by atoms with Gasteiger partial charge in [0.15, 0.2) is 0 Å². The average molecular weight is 397 g/mol. The van der Waals surface area contributed by atoms with E-state index < -0.39 is 10.0 Å². The molecule has 2 aromatic rings. The van der Waals surface area contributed by atoms with E-state index in [0.717, 1.165) is 10.9 Å². The molecule has 1 N–H and O–H groups in total. The molecular weight excluding hydrogens is 380 g/mol. The van der Waals surface area contributed by atoms with Gasteiger partial charge in [-0.05, 0) is 36.8 Å². The Balaban J connectivity index is 2.15. The molecule has 0 bridgehead atoms. The lowest BCUT2D eigenvalue weighted by Gasteiger charge is -2.08. The Morgan fingerprint density at radius 2 is 1.96 bits per heavy atom. The topological polar surface area (TPSA) is 67.8 Å². The van der Waals surface area contributed by atoms with Crippen LogP contribution in [0.3, 0.4) is 0 Å². The van der Waals surface area contributed by atoms with Crippen LogP contribution in [0, 0.1) is 0 Å². The highest BCUT2D eigenvalue weighted by molar-refractivity contribution is 9.10.